The third-order valence-electron chi connectivity index (χ3n) is 5.23. The van der Waals surface area contributed by atoms with Crippen LogP contribution in [0.15, 0.2) is 6.20 Å². The van der Waals surface area contributed by atoms with Crippen molar-refractivity contribution in [2.75, 3.05) is 23.3 Å². The van der Waals surface area contributed by atoms with Crippen molar-refractivity contribution in [3.63, 3.8) is 0 Å². The zero-order valence-electron chi connectivity index (χ0n) is 15.4. The van der Waals surface area contributed by atoms with Gasteiger partial charge >= 0.3 is 0 Å². The van der Waals surface area contributed by atoms with Gasteiger partial charge in [-0.2, -0.15) is 15.1 Å². The molecule has 0 radical (unpaired) electrons. The molecule has 2 atom stereocenters. The first kappa shape index (κ1) is 16.6. The minimum absolute atomic E-state index is 0.185. The Balaban J connectivity index is 1.68. The van der Waals surface area contributed by atoms with Crippen molar-refractivity contribution in [2.24, 2.45) is 7.05 Å². The Kier molecular flexibility index (Phi) is 4.50. The van der Waals surface area contributed by atoms with E-state index >= 15 is 0 Å². The van der Waals surface area contributed by atoms with E-state index in [-0.39, 0.29) is 12.2 Å². The Bertz CT molecular complexity index is 728. The number of nitrogens with zero attached hydrogens (tertiary/aromatic N) is 5. The molecule has 2 aromatic heterocycles. The SMILES string of the molecule is C[C@H]1CN(c2nc(NC3CCCCC3)c3cnn(C)c3n2)C[C@H](C)O1. The summed E-state index contributed by atoms with van der Waals surface area (Å²) in [6.07, 6.45) is 8.61. The van der Waals surface area contributed by atoms with Gasteiger partial charge in [0.2, 0.25) is 5.95 Å². The van der Waals surface area contributed by atoms with Gasteiger partial charge in [-0.15, -0.1) is 0 Å². The molecule has 0 spiro atoms. The number of aromatic nitrogens is 4. The van der Waals surface area contributed by atoms with Gasteiger partial charge < -0.3 is 15.0 Å². The average molecular weight is 344 g/mol. The number of anilines is 2. The quantitative estimate of drug-likeness (QED) is 0.923. The summed E-state index contributed by atoms with van der Waals surface area (Å²) in [6, 6.07) is 0.502. The first-order chi connectivity index (χ1) is 12.1. The van der Waals surface area contributed by atoms with E-state index in [0.717, 1.165) is 35.9 Å². The Morgan fingerprint density at radius 3 is 2.52 bits per heavy atom. The molecule has 1 aliphatic heterocycles. The molecule has 0 bridgehead atoms. The van der Waals surface area contributed by atoms with Gasteiger partial charge in [-0.05, 0) is 26.7 Å². The third kappa shape index (κ3) is 3.42. The van der Waals surface area contributed by atoms with Crippen LogP contribution in [-0.2, 0) is 11.8 Å². The second kappa shape index (κ2) is 6.78. The van der Waals surface area contributed by atoms with Gasteiger partial charge in [0.15, 0.2) is 5.65 Å². The number of hydrogen-bond acceptors (Lipinski definition) is 6. The minimum atomic E-state index is 0.185. The van der Waals surface area contributed by atoms with Crippen molar-refractivity contribution in [1.82, 2.24) is 19.7 Å². The molecular weight excluding hydrogens is 316 g/mol. The summed E-state index contributed by atoms with van der Waals surface area (Å²) < 4.78 is 7.69. The number of morpholine rings is 1. The number of hydrogen-bond donors (Lipinski definition) is 1. The van der Waals surface area contributed by atoms with Crippen LogP contribution in [0.5, 0.6) is 0 Å². The van der Waals surface area contributed by atoms with Gasteiger partial charge in [-0.1, -0.05) is 19.3 Å². The molecule has 2 fully saturated rings. The maximum Gasteiger partial charge on any atom is 0.229 e. The van der Waals surface area contributed by atoms with Crippen molar-refractivity contribution in [3.05, 3.63) is 6.20 Å². The summed E-state index contributed by atoms with van der Waals surface area (Å²) in [5, 5.41) is 9.08. The summed E-state index contributed by atoms with van der Waals surface area (Å²) >= 11 is 0. The molecule has 0 amide bonds. The van der Waals surface area contributed by atoms with Crippen LogP contribution in [0.25, 0.3) is 11.0 Å². The highest BCUT2D eigenvalue weighted by Crippen LogP contribution is 2.28. The normalized spacial score (nSPS) is 25.5. The van der Waals surface area contributed by atoms with Crippen molar-refractivity contribution in [1.29, 1.82) is 0 Å². The van der Waals surface area contributed by atoms with Crippen molar-refractivity contribution in [3.8, 4) is 0 Å². The highest BCUT2D eigenvalue weighted by Gasteiger charge is 2.26. The van der Waals surface area contributed by atoms with Gasteiger partial charge in [0.25, 0.3) is 0 Å². The molecule has 3 heterocycles. The zero-order valence-corrected chi connectivity index (χ0v) is 15.4. The second-order valence-corrected chi connectivity index (χ2v) is 7.52. The van der Waals surface area contributed by atoms with Crippen molar-refractivity contribution in [2.45, 2.75) is 64.2 Å². The molecule has 25 heavy (non-hydrogen) atoms. The Morgan fingerprint density at radius 1 is 1.08 bits per heavy atom. The zero-order chi connectivity index (χ0) is 17.4. The van der Waals surface area contributed by atoms with Crippen molar-refractivity contribution >= 4 is 22.8 Å². The molecule has 0 aromatic carbocycles. The van der Waals surface area contributed by atoms with E-state index in [1.165, 1.54) is 32.1 Å². The van der Waals surface area contributed by atoms with Crippen molar-refractivity contribution < 1.29 is 4.74 Å². The van der Waals surface area contributed by atoms with E-state index in [1.54, 1.807) is 0 Å². The lowest BCUT2D eigenvalue weighted by Crippen LogP contribution is -2.46. The number of rotatable bonds is 3. The fourth-order valence-electron chi connectivity index (χ4n) is 4.04. The molecule has 1 aliphatic carbocycles. The molecule has 136 valence electrons. The molecule has 4 rings (SSSR count). The highest BCUT2D eigenvalue weighted by atomic mass is 16.5. The number of nitrogens with one attached hydrogen (secondary N) is 1. The van der Waals surface area contributed by atoms with Crippen LogP contribution in [0.1, 0.15) is 46.0 Å². The highest BCUT2D eigenvalue weighted by molar-refractivity contribution is 5.87. The minimum Gasteiger partial charge on any atom is -0.372 e. The number of ether oxygens (including phenoxy) is 1. The monoisotopic (exact) mass is 344 g/mol. The molecule has 2 aliphatic rings. The maximum atomic E-state index is 5.86. The lowest BCUT2D eigenvalue weighted by molar-refractivity contribution is -0.00569. The summed E-state index contributed by atoms with van der Waals surface area (Å²) in [6.45, 7) is 5.84. The molecule has 1 saturated carbocycles. The number of aryl methyl sites for hydroxylation is 1. The maximum absolute atomic E-state index is 5.86. The lowest BCUT2D eigenvalue weighted by atomic mass is 9.95. The molecule has 2 aromatic rings. The van der Waals surface area contributed by atoms with Crippen LogP contribution in [0, 0.1) is 0 Å². The Morgan fingerprint density at radius 2 is 1.80 bits per heavy atom. The molecule has 7 nitrogen and oxygen atoms in total. The van der Waals surface area contributed by atoms with Crippen LogP contribution < -0.4 is 10.2 Å². The van der Waals surface area contributed by atoms with Crippen LogP contribution in [0.2, 0.25) is 0 Å². The Hall–Kier alpha value is -1.89. The summed E-state index contributed by atoms with van der Waals surface area (Å²) in [5.74, 6) is 1.70. The summed E-state index contributed by atoms with van der Waals surface area (Å²) in [4.78, 5) is 11.9. The van der Waals surface area contributed by atoms with E-state index in [9.17, 15) is 0 Å². The van der Waals surface area contributed by atoms with Gasteiger partial charge in [0.1, 0.15) is 5.82 Å². The summed E-state index contributed by atoms with van der Waals surface area (Å²) in [5.41, 5.74) is 0.884. The van der Waals surface area contributed by atoms with Crippen LogP contribution in [-0.4, -0.2) is 51.1 Å². The number of fused-ring (bicyclic) bond motifs is 1. The molecule has 1 N–H and O–H groups in total. The molecule has 0 unspecified atom stereocenters. The van der Waals surface area contributed by atoms with E-state index in [4.69, 9.17) is 14.7 Å². The van der Waals surface area contributed by atoms with Crippen LogP contribution >= 0.6 is 0 Å². The fourth-order valence-corrected chi connectivity index (χ4v) is 4.04. The third-order valence-corrected chi connectivity index (χ3v) is 5.23. The second-order valence-electron chi connectivity index (χ2n) is 7.52. The first-order valence-electron chi connectivity index (χ1n) is 9.47. The lowest BCUT2D eigenvalue weighted by Gasteiger charge is -2.35. The van der Waals surface area contributed by atoms with Gasteiger partial charge in [0.05, 0.1) is 23.8 Å². The van der Waals surface area contributed by atoms with Gasteiger partial charge in [-0.25, -0.2) is 0 Å². The van der Waals surface area contributed by atoms with E-state index in [2.05, 4.69) is 29.2 Å². The average Bonchev–Trinajstić information content (AvgIpc) is 2.96. The first-order valence-corrected chi connectivity index (χ1v) is 9.47. The predicted octanol–water partition coefficient (Wildman–Crippen LogP) is 2.72. The molecule has 1 saturated heterocycles. The van der Waals surface area contributed by atoms with Gasteiger partial charge in [0, 0.05) is 26.2 Å². The Labute approximate surface area is 148 Å². The fraction of sp³-hybridized carbons (Fsp3) is 0.722. The predicted molar refractivity (Wildman–Crippen MR) is 99.0 cm³/mol. The van der Waals surface area contributed by atoms with Crippen LogP contribution in [0.4, 0.5) is 11.8 Å². The summed E-state index contributed by atoms with van der Waals surface area (Å²) in [7, 11) is 1.94. The standard InChI is InChI=1S/C18H28N6O/c1-12-10-24(11-13(2)25-12)18-21-16(20-14-7-5-4-6-8-14)15-9-19-23(3)17(15)22-18/h9,12-14H,4-8,10-11H2,1-3H3,(H,20,21,22)/t12-,13-/m0/s1. The molecule has 7 heteroatoms. The largest absolute Gasteiger partial charge is 0.372 e. The van der Waals surface area contributed by atoms with E-state index < -0.39 is 0 Å². The van der Waals surface area contributed by atoms with E-state index in [0.29, 0.717) is 6.04 Å². The van der Waals surface area contributed by atoms with Gasteiger partial charge in [-0.3, -0.25) is 4.68 Å². The smallest absolute Gasteiger partial charge is 0.229 e. The topological polar surface area (TPSA) is 68.1 Å². The van der Waals surface area contributed by atoms with E-state index in [1.807, 2.05) is 17.9 Å². The molecular formula is C18H28N6O. The van der Waals surface area contributed by atoms with Crippen LogP contribution in [0.3, 0.4) is 0 Å².